The van der Waals surface area contributed by atoms with Crippen molar-refractivity contribution in [3.05, 3.63) is 89.9 Å². The van der Waals surface area contributed by atoms with Crippen LogP contribution in [0.2, 0.25) is 0 Å². The highest BCUT2D eigenvalue weighted by atomic mass is 31.3. The van der Waals surface area contributed by atoms with Gasteiger partial charge in [0.25, 0.3) is 105 Å². The molecule has 16 unspecified atom stereocenters. The largest absolute Gasteiger partial charge is 0.756 e. The van der Waals surface area contributed by atoms with Gasteiger partial charge < -0.3 is 166 Å². The zero-order valence-electron chi connectivity index (χ0n) is 62.2. The number of ether oxygens (including phenoxy) is 8. The fourth-order valence-corrected chi connectivity index (χ4v) is 22.5. The van der Waals surface area contributed by atoms with E-state index in [0.717, 1.165) is 0 Å². The van der Waals surface area contributed by atoms with Crippen LogP contribution in [0.5, 0.6) is 0 Å². The van der Waals surface area contributed by atoms with Gasteiger partial charge in [-0.3, -0.25) is 73.5 Å². The van der Waals surface area contributed by atoms with Crippen molar-refractivity contribution in [3.63, 3.8) is 0 Å². The average molecular weight is 1990 g/mol. The molecule has 10 N–H and O–H groups in total. The molecule has 6 aliphatic heterocycles. The molecule has 0 aromatic carbocycles. The number of carbonyl (C=O) groups is 1. The maximum atomic E-state index is 12.0. The highest BCUT2D eigenvalue weighted by Gasteiger charge is 2.45. The van der Waals surface area contributed by atoms with Gasteiger partial charge in [-0.15, -0.1) is 0 Å². The summed E-state index contributed by atoms with van der Waals surface area (Å²) in [7, 11) is -64.5. The summed E-state index contributed by atoms with van der Waals surface area (Å²) in [6.45, 7) is 7.49. The molecule has 0 aliphatic carbocycles. The topological polar surface area (TPSA) is 941 Å². The van der Waals surface area contributed by atoms with Crippen molar-refractivity contribution in [2.75, 3.05) is 60.6 Å². The molecule has 122 heavy (non-hydrogen) atoms. The first kappa shape index (κ1) is 105. The first-order chi connectivity index (χ1) is 55.8. The molecular weight excluding hydrogens is 1920 g/mol. The molecule has 6 aliphatic rings. The average Bonchev–Trinajstić information content (AvgIpc) is 1.64. The quantitative estimate of drug-likeness (QED) is 0.0196. The summed E-state index contributed by atoms with van der Waals surface area (Å²) in [5.74, 6) is 0.674. The third-order valence-corrected chi connectivity index (χ3v) is 30.4. The van der Waals surface area contributed by atoms with E-state index in [1.54, 1.807) is 30.7 Å². The van der Waals surface area contributed by atoms with Crippen molar-refractivity contribution in [1.29, 1.82) is 0 Å². The van der Waals surface area contributed by atoms with E-state index < -0.39 is 200 Å². The van der Waals surface area contributed by atoms with Crippen LogP contribution in [0.15, 0.2) is 83.6 Å². The Balaban J connectivity index is 0.000000224. The first-order valence-electron chi connectivity index (χ1n) is 32.5. The first-order valence-corrected chi connectivity index (χ1v) is 50.1. The summed E-state index contributed by atoms with van der Waals surface area (Å²) in [6, 6.07) is 1.57. The number of hydrogen-bond acceptors (Lipinski definition) is 55. The van der Waals surface area contributed by atoms with E-state index in [4.69, 9.17) is 68.9 Å². The number of nitrogens with two attached hydrogens (primary N) is 2. The van der Waals surface area contributed by atoms with Crippen LogP contribution < -0.4 is 81.1 Å². The molecule has 4 aromatic rings. The fourth-order valence-electron chi connectivity index (χ4n) is 10.9. The van der Waals surface area contributed by atoms with Crippen LogP contribution >= 0.6 is 93.9 Å². The summed E-state index contributed by atoms with van der Waals surface area (Å²) >= 11 is 0. The summed E-state index contributed by atoms with van der Waals surface area (Å²) < 4.78 is 225. The Morgan fingerprint density at radius 3 is 1.17 bits per heavy atom. The van der Waals surface area contributed by atoms with Crippen molar-refractivity contribution in [1.82, 2.24) is 49.2 Å². The van der Waals surface area contributed by atoms with Crippen LogP contribution in [-0.2, 0) is 150 Å². The Labute approximate surface area is 683 Å². The number of H-pyrrole nitrogens is 1. The van der Waals surface area contributed by atoms with Gasteiger partial charge in [-0.05, 0) is 26.0 Å². The lowest BCUT2D eigenvalue weighted by molar-refractivity contribution is -0.254. The number of nitrogens with zero attached hydrogens (tertiary/aromatic N) is 9. The summed E-state index contributed by atoms with van der Waals surface area (Å²) in [6.07, 6.45) is -0.242. The number of anilines is 1. The second-order valence-electron chi connectivity index (χ2n) is 24.3. The molecular formula is C47H67N13O50P12-12. The van der Waals surface area contributed by atoms with Gasteiger partial charge in [0.2, 0.25) is 0 Å². The number of aromatic amines is 1. The predicted molar refractivity (Wildman–Crippen MR) is 369 cm³/mol. The number of pyridine rings is 1. The zero-order valence-corrected chi connectivity index (χ0v) is 72.9. The Morgan fingerprint density at radius 1 is 0.484 bits per heavy atom. The van der Waals surface area contributed by atoms with Crippen molar-refractivity contribution < 1.29 is 228 Å². The number of methoxy groups -OCH3 is 4. The zero-order chi connectivity index (χ0) is 91.9. The normalized spacial score (nSPS) is 29.1. The molecule has 0 bridgehead atoms. The number of aromatic nitrogens is 7. The minimum Gasteiger partial charge on any atom is -0.756 e. The van der Waals surface area contributed by atoms with Crippen molar-refractivity contribution in [2.45, 2.75) is 113 Å². The van der Waals surface area contributed by atoms with Gasteiger partial charge in [-0.1, -0.05) is 13.2 Å². The number of rotatable bonds is 36. The van der Waals surface area contributed by atoms with Gasteiger partial charge in [0.1, 0.15) is 78.1 Å². The van der Waals surface area contributed by atoms with Crippen molar-refractivity contribution in [2.24, 2.45) is 10.7 Å². The van der Waals surface area contributed by atoms with Crippen molar-refractivity contribution in [3.8, 4) is 0 Å². The maximum Gasteiger partial charge on any atom is 0.280 e. The number of fused-ring (bicyclic) bond motifs is 2. The number of nitrogen functional groups attached to an aromatic ring is 1. The van der Waals surface area contributed by atoms with E-state index >= 15 is 0 Å². The Hall–Kier alpha value is -4.41. The number of nitrogens with one attached hydrogen (secondary N) is 2. The second-order valence-corrected chi connectivity index (χ2v) is 41.5. The fraction of sp³-hybridized carbons (Fsp3) is 0.553. The minimum atomic E-state index is -6.01. The van der Waals surface area contributed by atoms with Gasteiger partial charge in [-0.25, -0.2) is 59.4 Å². The number of phosphoric ester groups is 4. The van der Waals surface area contributed by atoms with Gasteiger partial charge in [-0.2, -0.15) is 0 Å². The smallest absolute Gasteiger partial charge is 0.280 e. The van der Waals surface area contributed by atoms with E-state index in [2.05, 4.69) is 101 Å². The minimum absolute atomic E-state index is 0.0519. The number of aliphatic imine (C=N–C) groups is 1. The Bertz CT molecular complexity index is 5240. The monoisotopic (exact) mass is 1990 g/mol. The Kier molecular flexibility index (Phi) is 35.7. The van der Waals surface area contributed by atoms with E-state index in [9.17, 15) is 123 Å². The van der Waals surface area contributed by atoms with Crippen LogP contribution in [0.25, 0.3) is 22.3 Å². The predicted octanol–water partition coefficient (Wildman–Crippen LogP) is -6.47. The molecule has 0 saturated carbocycles. The maximum absolute atomic E-state index is 12.0. The molecule has 4 aromatic heterocycles. The third kappa shape index (κ3) is 32.4. The van der Waals surface area contributed by atoms with Crippen LogP contribution in [0, 0.1) is 6.92 Å². The highest BCUT2D eigenvalue weighted by Crippen LogP contribution is 2.65. The number of phosphoric acid groups is 12. The lowest BCUT2D eigenvalue weighted by Gasteiger charge is -2.33. The molecule has 0 radical (unpaired) electrons. The number of amidine groups is 1. The molecule has 0 spiro atoms. The lowest BCUT2D eigenvalue weighted by Crippen LogP contribution is -2.42. The molecule has 10 heterocycles. The molecule has 1 amide bonds. The molecule has 24 atom stereocenters. The SMILES string of the molecule is C=C1N=C(N)C=CN1[C@H]1CC(OC)[C@@H](COP(=O)([O-])OP(=O)([O-])OP(=O)([O-])O)O1.C=C1NC(=O)C(C)=CN1[C@H]1CC(OC)[C@@H](COP(=O)([O-])OP(=O)([O-])OP(=O)([O-])O)O1.COC1C[C@H](n2cnc3c(=O)[nH]c(C)nc32)O[C@@H]1COP(=O)([O-])OP(=O)([O-])OP(=O)([O-])O.COC1C[C@H](n2cnc3c(N)ccnc32)O[C@@H]1COP(=O)([O-])OP(=O)([O-])OP(=O)([O-])O. The number of hydrogen-bond donors (Lipinski definition) is 8. The molecule has 692 valence electrons. The molecule has 75 heteroatoms. The molecule has 63 nitrogen and oxygen atoms in total. The van der Waals surface area contributed by atoms with E-state index in [1.807, 2.05) is 0 Å². The van der Waals surface area contributed by atoms with Gasteiger partial charge in [0, 0.05) is 78.3 Å². The van der Waals surface area contributed by atoms with Crippen LogP contribution in [0.1, 0.15) is 50.9 Å². The van der Waals surface area contributed by atoms with E-state index in [-0.39, 0.29) is 60.2 Å². The summed E-state index contributed by atoms with van der Waals surface area (Å²) in [5.41, 5.74) is 12.8. The van der Waals surface area contributed by atoms with Gasteiger partial charge in [0.05, 0.1) is 69.2 Å². The second kappa shape index (κ2) is 41.6. The number of carbonyl (C=O) groups excluding carboxylic acids is 1. The van der Waals surface area contributed by atoms with Crippen molar-refractivity contribution >= 4 is 134 Å². The molecule has 10 rings (SSSR count). The van der Waals surface area contributed by atoms with E-state index in [0.29, 0.717) is 28.2 Å². The Morgan fingerprint density at radius 2 is 0.820 bits per heavy atom. The molecule has 4 fully saturated rings. The van der Waals surface area contributed by atoms with E-state index in [1.165, 1.54) is 73.9 Å². The highest BCUT2D eigenvalue weighted by molar-refractivity contribution is 7.67. The van der Waals surface area contributed by atoms with Gasteiger partial charge >= 0.3 is 0 Å². The summed E-state index contributed by atoms with van der Waals surface area (Å²) in [4.78, 5) is 217. The van der Waals surface area contributed by atoms with Crippen LogP contribution in [-0.4, -0.2) is 191 Å². The number of aryl methyl sites for hydroxylation is 1. The summed E-state index contributed by atoms with van der Waals surface area (Å²) in [5, 5.41) is 2.51. The lowest BCUT2D eigenvalue weighted by atomic mass is 10.1. The molecule has 4 saturated heterocycles. The number of imidazole rings is 2. The van der Waals surface area contributed by atoms with Crippen LogP contribution in [0.3, 0.4) is 0 Å². The van der Waals surface area contributed by atoms with Crippen LogP contribution in [0.4, 0.5) is 5.69 Å². The van der Waals surface area contributed by atoms with Gasteiger partial charge in [0.15, 0.2) is 16.8 Å². The third-order valence-electron chi connectivity index (χ3n) is 15.6. The standard InChI is InChI=1S/C12H19N4O13P3.C12H19N4O12P3.C12H21N2O13P3.C11H20N3O12P3/c1-6-14-11-10(12(17)15-6)13-5-16(11)9-3-7(25-2)8(27-9)4-26-31(21,22)29-32(23,24)28-30(18,19)20;1-24-8-4-10(16-6-15-11-7(13)2-3-14-12(11)16)26-9(8)5-25-30(20,21)28-31(22,23)27-29(17,18)19;1-7-5-14(8(2)13-12(7)15)11-4-9(23-3)10(25-11)6-24-29(19,20)27-30(21,22)26-28(16,17)18;1-7-13-10(12)3-4-14(7)11-5-8(22-2)9(24-11)6-23-28(18,19)26-29(20,21)25-27(15,16)17/h5,7-9H,3-4H2,1-2H3,(H,21,22)(H,23,24)(H,14,15,17)(H2,18,19,20);2-3,6,8-10H,4-5H2,1H3,(H2,13,14)(H,20,21)(H,22,23)(H2,17,18,19);5,9-11H,2,4,6H2,1,3H3,(H,13,15)(H,19,20)(H,21,22)(H2,16,17,18);3-4,8-9,11H,1,5-6H2,2H3,(H2,12,13)(H,18,19)(H,20,21)(H2,15,16,17)/p-12/t7?,8-,9-;8?,9-,10-;9?,10-,11-;8?,9-,11-/m1111/s1. The number of amides is 1.